The van der Waals surface area contributed by atoms with Crippen molar-refractivity contribution in [1.82, 2.24) is 4.98 Å². The maximum absolute atomic E-state index is 12.2. The lowest BCUT2D eigenvalue weighted by Gasteiger charge is -2.19. The summed E-state index contributed by atoms with van der Waals surface area (Å²) in [6.07, 6.45) is -3.34. The summed E-state index contributed by atoms with van der Waals surface area (Å²) < 4.78 is 29.3. The average molecular weight is 250 g/mol. The van der Waals surface area contributed by atoms with Gasteiger partial charge in [-0.25, -0.2) is 18.6 Å². The van der Waals surface area contributed by atoms with E-state index in [4.69, 9.17) is 4.74 Å². The van der Waals surface area contributed by atoms with Gasteiger partial charge in [-0.15, -0.1) is 11.3 Å². The van der Waals surface area contributed by atoms with Gasteiger partial charge in [0, 0.05) is 5.38 Å². The van der Waals surface area contributed by atoms with E-state index in [1.807, 2.05) is 0 Å². The topological polar surface area (TPSA) is 51.2 Å². The van der Waals surface area contributed by atoms with E-state index < -0.39 is 18.1 Å². The second-order valence-corrected chi connectivity index (χ2v) is 4.89. The number of nitrogens with zero attached hydrogens (tertiary/aromatic N) is 1. The molecule has 0 aromatic carbocycles. The molecule has 0 radical (unpaired) electrons. The van der Waals surface area contributed by atoms with Gasteiger partial charge in [-0.1, -0.05) is 0 Å². The van der Waals surface area contributed by atoms with Crippen molar-refractivity contribution in [3.63, 3.8) is 0 Å². The van der Waals surface area contributed by atoms with E-state index in [2.05, 4.69) is 10.3 Å². The van der Waals surface area contributed by atoms with Crippen molar-refractivity contribution in [2.75, 3.05) is 5.32 Å². The van der Waals surface area contributed by atoms with Gasteiger partial charge in [-0.3, -0.25) is 5.32 Å². The molecule has 0 saturated carbocycles. The van der Waals surface area contributed by atoms with Gasteiger partial charge in [0.25, 0.3) is 6.43 Å². The van der Waals surface area contributed by atoms with Gasteiger partial charge in [0.1, 0.15) is 11.4 Å². The number of hydrogen-bond acceptors (Lipinski definition) is 4. The minimum absolute atomic E-state index is 0.0783. The van der Waals surface area contributed by atoms with E-state index in [9.17, 15) is 13.6 Å². The number of alkyl halides is 2. The molecule has 90 valence electrons. The number of carbonyl (C=O) groups excluding carboxylic acids is 1. The first-order chi connectivity index (χ1) is 7.28. The highest BCUT2D eigenvalue weighted by Gasteiger charge is 2.18. The lowest BCUT2D eigenvalue weighted by atomic mass is 10.2. The van der Waals surface area contributed by atoms with Crippen molar-refractivity contribution >= 4 is 23.2 Å². The molecule has 1 N–H and O–H groups in total. The lowest BCUT2D eigenvalue weighted by molar-refractivity contribution is 0.0635. The molecule has 0 atom stereocenters. The summed E-state index contributed by atoms with van der Waals surface area (Å²) >= 11 is 0.786. The van der Waals surface area contributed by atoms with Crippen LogP contribution in [0.15, 0.2) is 5.38 Å². The van der Waals surface area contributed by atoms with E-state index >= 15 is 0 Å². The zero-order valence-electron chi connectivity index (χ0n) is 9.08. The number of ether oxygens (including phenoxy) is 1. The third-order valence-corrected chi connectivity index (χ3v) is 2.19. The van der Waals surface area contributed by atoms with Crippen LogP contribution in [0.3, 0.4) is 0 Å². The summed E-state index contributed by atoms with van der Waals surface area (Å²) in [7, 11) is 0. The van der Waals surface area contributed by atoms with Crippen LogP contribution in [0.5, 0.6) is 0 Å². The number of thiazole rings is 1. The van der Waals surface area contributed by atoms with Crippen molar-refractivity contribution in [2.45, 2.75) is 32.8 Å². The molecular weight excluding hydrogens is 238 g/mol. The van der Waals surface area contributed by atoms with Gasteiger partial charge < -0.3 is 4.74 Å². The highest BCUT2D eigenvalue weighted by molar-refractivity contribution is 7.10. The molecule has 0 fully saturated rings. The number of rotatable bonds is 2. The number of carbonyl (C=O) groups is 1. The Morgan fingerprint density at radius 1 is 1.56 bits per heavy atom. The average Bonchev–Trinajstić information content (AvgIpc) is 2.48. The predicted molar refractivity (Wildman–Crippen MR) is 56.9 cm³/mol. The molecule has 4 nitrogen and oxygen atoms in total. The molecule has 0 saturated heterocycles. The normalized spacial score (nSPS) is 11.6. The molecule has 16 heavy (non-hydrogen) atoms. The van der Waals surface area contributed by atoms with Crippen molar-refractivity contribution in [3.05, 3.63) is 10.4 Å². The summed E-state index contributed by atoms with van der Waals surface area (Å²) in [5, 5.41) is 3.29. The largest absolute Gasteiger partial charge is 0.444 e. The Morgan fingerprint density at radius 2 is 2.19 bits per heavy atom. The first-order valence-corrected chi connectivity index (χ1v) is 5.39. The Morgan fingerprint density at radius 3 is 2.62 bits per heavy atom. The van der Waals surface area contributed by atoms with Crippen molar-refractivity contribution in [2.24, 2.45) is 0 Å². The standard InChI is InChI=1S/C9H12F2N2O2S/c1-9(2,3)15-8(14)13-5-4-16-7(12-5)6(10)11/h4,6H,1-3H3,(H,13,14). The van der Waals surface area contributed by atoms with Gasteiger partial charge in [0.2, 0.25) is 0 Å². The third kappa shape index (κ3) is 4.09. The second-order valence-electron chi connectivity index (χ2n) is 4.00. The molecule has 0 aliphatic carbocycles. The molecule has 1 heterocycles. The molecule has 0 bridgehead atoms. The van der Waals surface area contributed by atoms with E-state index in [-0.39, 0.29) is 10.8 Å². The summed E-state index contributed by atoms with van der Waals surface area (Å²) in [5.41, 5.74) is -0.633. The third-order valence-electron chi connectivity index (χ3n) is 1.34. The van der Waals surface area contributed by atoms with Crippen LogP contribution < -0.4 is 5.32 Å². The van der Waals surface area contributed by atoms with Gasteiger partial charge in [-0.05, 0) is 20.8 Å². The van der Waals surface area contributed by atoms with Crippen LogP contribution in [0.2, 0.25) is 0 Å². The summed E-state index contributed by atoms with van der Waals surface area (Å²) in [6.45, 7) is 5.12. The smallest absolute Gasteiger partial charge is 0.413 e. The fourth-order valence-corrected chi connectivity index (χ4v) is 1.45. The maximum Gasteiger partial charge on any atom is 0.413 e. The molecule has 0 aliphatic rings. The fourth-order valence-electron chi connectivity index (χ4n) is 0.853. The molecule has 1 aromatic rings. The molecule has 0 unspecified atom stereocenters. The Hall–Kier alpha value is -1.24. The van der Waals surface area contributed by atoms with Crippen LogP contribution in [0, 0.1) is 0 Å². The maximum atomic E-state index is 12.2. The lowest BCUT2D eigenvalue weighted by Crippen LogP contribution is -2.27. The minimum atomic E-state index is -2.63. The zero-order valence-corrected chi connectivity index (χ0v) is 9.90. The van der Waals surface area contributed by atoms with E-state index in [1.54, 1.807) is 20.8 Å². The molecule has 7 heteroatoms. The molecule has 1 aromatic heterocycles. The van der Waals surface area contributed by atoms with Crippen molar-refractivity contribution < 1.29 is 18.3 Å². The summed E-state index contributed by atoms with van der Waals surface area (Å²) in [4.78, 5) is 14.8. The second kappa shape index (κ2) is 4.73. The van der Waals surface area contributed by atoms with Crippen LogP contribution in [0.4, 0.5) is 19.4 Å². The van der Waals surface area contributed by atoms with Crippen LogP contribution >= 0.6 is 11.3 Å². The Labute approximate surface area is 95.6 Å². The number of nitrogens with one attached hydrogen (secondary N) is 1. The van der Waals surface area contributed by atoms with Gasteiger partial charge >= 0.3 is 6.09 Å². The van der Waals surface area contributed by atoms with Crippen molar-refractivity contribution in [1.29, 1.82) is 0 Å². The van der Waals surface area contributed by atoms with Crippen LogP contribution in [0.25, 0.3) is 0 Å². The molecule has 0 spiro atoms. The van der Waals surface area contributed by atoms with Gasteiger partial charge in [0.15, 0.2) is 5.01 Å². The highest BCUT2D eigenvalue weighted by atomic mass is 32.1. The first-order valence-electron chi connectivity index (χ1n) is 4.51. The fraction of sp³-hybridized carbons (Fsp3) is 0.556. The number of halogens is 2. The van der Waals surface area contributed by atoms with Gasteiger partial charge in [0.05, 0.1) is 0 Å². The highest BCUT2D eigenvalue weighted by Crippen LogP contribution is 2.24. The number of amides is 1. The Bertz CT molecular complexity index is 374. The van der Waals surface area contributed by atoms with E-state index in [0.717, 1.165) is 11.3 Å². The molecule has 1 amide bonds. The monoisotopic (exact) mass is 250 g/mol. The summed E-state index contributed by atoms with van der Waals surface area (Å²) in [6, 6.07) is 0. The van der Waals surface area contributed by atoms with E-state index in [1.165, 1.54) is 5.38 Å². The quantitative estimate of drug-likeness (QED) is 0.874. The first kappa shape index (κ1) is 12.8. The van der Waals surface area contributed by atoms with Crippen LogP contribution in [-0.2, 0) is 4.74 Å². The predicted octanol–water partition coefficient (Wildman–Crippen LogP) is 3.43. The van der Waals surface area contributed by atoms with E-state index in [0.29, 0.717) is 0 Å². The minimum Gasteiger partial charge on any atom is -0.444 e. The van der Waals surface area contributed by atoms with Gasteiger partial charge in [-0.2, -0.15) is 0 Å². The number of hydrogen-bond donors (Lipinski definition) is 1. The molecule has 1 rings (SSSR count). The van der Waals surface area contributed by atoms with Crippen LogP contribution in [-0.4, -0.2) is 16.7 Å². The number of anilines is 1. The van der Waals surface area contributed by atoms with Crippen molar-refractivity contribution in [3.8, 4) is 0 Å². The number of aromatic nitrogens is 1. The SMILES string of the molecule is CC(C)(C)OC(=O)Nc1csc(C(F)F)n1. The molecule has 0 aliphatic heterocycles. The Balaban J connectivity index is 2.57. The van der Waals surface area contributed by atoms with Crippen LogP contribution in [0.1, 0.15) is 32.2 Å². The summed E-state index contributed by atoms with van der Waals surface area (Å²) in [5.74, 6) is 0.0783. The zero-order chi connectivity index (χ0) is 12.3. The molecular formula is C9H12F2N2O2S. The Kier molecular flexibility index (Phi) is 3.79.